The number of piperidine rings is 1. The highest BCUT2D eigenvalue weighted by atomic mass is 32.1. The zero-order valence-corrected chi connectivity index (χ0v) is 19.5. The molecule has 2 aromatic carbocycles. The molecular weight excluding hydrogens is 416 g/mol. The number of methoxy groups -OCH3 is 1. The van der Waals surface area contributed by atoms with Crippen molar-refractivity contribution in [1.29, 1.82) is 0 Å². The lowest BCUT2D eigenvalue weighted by atomic mass is 9.89. The molecule has 0 amide bonds. The predicted molar refractivity (Wildman–Crippen MR) is 131 cm³/mol. The summed E-state index contributed by atoms with van der Waals surface area (Å²) < 4.78 is 5.54. The average molecular weight is 449 g/mol. The number of carbonyl (C=O) groups is 1. The van der Waals surface area contributed by atoms with E-state index in [1.807, 2.05) is 29.6 Å². The second-order valence-electron chi connectivity index (χ2n) is 8.34. The van der Waals surface area contributed by atoms with Gasteiger partial charge in [-0.25, -0.2) is 0 Å². The molecule has 32 heavy (non-hydrogen) atoms. The number of Topliss-reactive ketones (excluding diaryl/α,β-unsaturated/α-hetero) is 1. The minimum absolute atomic E-state index is 0.263. The van der Waals surface area contributed by atoms with Gasteiger partial charge in [0.1, 0.15) is 5.75 Å². The van der Waals surface area contributed by atoms with Crippen LogP contribution in [0.25, 0.3) is 0 Å². The Bertz CT molecular complexity index is 974. The molecule has 5 heteroatoms. The zero-order chi connectivity index (χ0) is 22.2. The Morgan fingerprint density at radius 3 is 2.69 bits per heavy atom. The van der Waals surface area contributed by atoms with E-state index in [1.165, 1.54) is 22.5 Å². The fraction of sp³-hybridized carbons (Fsp3) is 0.370. The van der Waals surface area contributed by atoms with E-state index in [0.717, 1.165) is 49.5 Å². The van der Waals surface area contributed by atoms with E-state index in [2.05, 4.69) is 52.7 Å². The minimum Gasteiger partial charge on any atom is -0.496 e. The van der Waals surface area contributed by atoms with Crippen molar-refractivity contribution in [3.05, 3.63) is 88.1 Å². The summed E-state index contributed by atoms with van der Waals surface area (Å²) in [6, 6.07) is 23.5. The number of ether oxygens (including phenoxy) is 1. The van der Waals surface area contributed by atoms with Crippen LogP contribution in [0.3, 0.4) is 0 Å². The first-order valence-corrected chi connectivity index (χ1v) is 12.3. The fourth-order valence-corrected chi connectivity index (χ4v) is 5.41. The predicted octanol–water partition coefficient (Wildman–Crippen LogP) is 5.72. The van der Waals surface area contributed by atoms with Crippen molar-refractivity contribution in [3.63, 3.8) is 0 Å². The molecule has 0 saturated carbocycles. The van der Waals surface area contributed by atoms with Crippen LogP contribution in [0.5, 0.6) is 5.75 Å². The first-order valence-electron chi connectivity index (χ1n) is 11.5. The monoisotopic (exact) mass is 448 g/mol. The first kappa shape index (κ1) is 22.7. The maximum Gasteiger partial charge on any atom is 0.172 e. The van der Waals surface area contributed by atoms with E-state index in [9.17, 15) is 4.79 Å². The van der Waals surface area contributed by atoms with Crippen molar-refractivity contribution in [2.45, 2.75) is 44.3 Å². The van der Waals surface area contributed by atoms with Crippen LogP contribution in [0.1, 0.15) is 52.5 Å². The lowest BCUT2D eigenvalue weighted by Gasteiger charge is -2.42. The maximum atomic E-state index is 12.5. The van der Waals surface area contributed by atoms with Crippen LogP contribution >= 0.6 is 11.3 Å². The van der Waals surface area contributed by atoms with Gasteiger partial charge in [-0.15, -0.1) is 11.3 Å². The van der Waals surface area contributed by atoms with E-state index < -0.39 is 0 Å². The second kappa shape index (κ2) is 11.4. The molecule has 2 heterocycles. The highest BCUT2D eigenvalue weighted by Crippen LogP contribution is 2.32. The summed E-state index contributed by atoms with van der Waals surface area (Å²) in [7, 11) is 1.73. The number of nitrogens with zero attached hydrogens (tertiary/aromatic N) is 1. The van der Waals surface area contributed by atoms with E-state index >= 15 is 0 Å². The van der Waals surface area contributed by atoms with E-state index in [0.29, 0.717) is 18.5 Å². The number of rotatable bonds is 10. The molecule has 3 aromatic rings. The number of carbonyl (C=O) groups excluding carboxylic acids is 1. The topological polar surface area (TPSA) is 41.6 Å². The summed E-state index contributed by atoms with van der Waals surface area (Å²) in [5.41, 5.74) is 2.52. The van der Waals surface area contributed by atoms with Gasteiger partial charge in [-0.1, -0.05) is 54.6 Å². The highest BCUT2D eigenvalue weighted by Gasteiger charge is 2.32. The minimum atomic E-state index is 0.263. The molecule has 0 aliphatic carbocycles. The SMILES string of the molecule is COc1ccccc1CN[C@H]1CCCN(CCCC(=O)c2cccs2)[C@H]1c1ccccc1. The van der Waals surface area contributed by atoms with E-state index in [4.69, 9.17) is 4.74 Å². The van der Waals surface area contributed by atoms with Gasteiger partial charge in [0.25, 0.3) is 0 Å². The summed E-state index contributed by atoms with van der Waals surface area (Å²) in [5, 5.41) is 5.80. The molecule has 1 aliphatic rings. The van der Waals surface area contributed by atoms with Gasteiger partial charge in [0.15, 0.2) is 5.78 Å². The third-order valence-electron chi connectivity index (χ3n) is 6.27. The number of ketones is 1. The summed E-state index contributed by atoms with van der Waals surface area (Å²) in [6.45, 7) is 2.78. The van der Waals surface area contributed by atoms with E-state index in [1.54, 1.807) is 7.11 Å². The average Bonchev–Trinajstić information content (AvgIpc) is 3.39. The van der Waals surface area contributed by atoms with Gasteiger partial charge in [-0.05, 0) is 55.4 Å². The third-order valence-corrected chi connectivity index (χ3v) is 7.18. The molecule has 2 atom stereocenters. The van der Waals surface area contributed by atoms with Gasteiger partial charge in [0, 0.05) is 24.6 Å². The molecule has 1 saturated heterocycles. The summed E-state index contributed by atoms with van der Waals surface area (Å²) in [4.78, 5) is 15.9. The Hall–Kier alpha value is -2.47. The van der Waals surface area contributed by atoms with Crippen molar-refractivity contribution in [3.8, 4) is 5.75 Å². The Kier molecular flexibility index (Phi) is 8.10. The van der Waals surface area contributed by atoms with Gasteiger partial charge < -0.3 is 10.1 Å². The normalized spacial score (nSPS) is 19.0. The third kappa shape index (κ3) is 5.66. The lowest BCUT2D eigenvalue weighted by Crippen LogP contribution is -2.48. The number of hydrogen-bond acceptors (Lipinski definition) is 5. The first-order chi connectivity index (χ1) is 15.8. The molecule has 0 spiro atoms. The number of para-hydroxylation sites is 1. The van der Waals surface area contributed by atoms with Gasteiger partial charge in [-0.3, -0.25) is 9.69 Å². The Morgan fingerprint density at radius 1 is 1.09 bits per heavy atom. The highest BCUT2D eigenvalue weighted by molar-refractivity contribution is 7.12. The summed E-state index contributed by atoms with van der Waals surface area (Å²) in [5.74, 6) is 1.19. The van der Waals surface area contributed by atoms with Crippen molar-refractivity contribution in [2.24, 2.45) is 0 Å². The van der Waals surface area contributed by atoms with Crippen LogP contribution in [-0.2, 0) is 6.54 Å². The van der Waals surface area contributed by atoms with Crippen LogP contribution in [0.15, 0.2) is 72.1 Å². The van der Waals surface area contributed by atoms with Crippen molar-refractivity contribution >= 4 is 17.1 Å². The number of likely N-dealkylation sites (tertiary alicyclic amines) is 1. The molecule has 0 radical (unpaired) electrons. The number of hydrogen-bond donors (Lipinski definition) is 1. The molecule has 1 N–H and O–H groups in total. The van der Waals surface area contributed by atoms with Crippen LogP contribution in [0.4, 0.5) is 0 Å². The van der Waals surface area contributed by atoms with E-state index in [-0.39, 0.29) is 5.78 Å². The zero-order valence-electron chi connectivity index (χ0n) is 18.7. The molecule has 1 fully saturated rings. The van der Waals surface area contributed by atoms with Gasteiger partial charge in [-0.2, -0.15) is 0 Å². The van der Waals surface area contributed by atoms with Crippen LogP contribution in [-0.4, -0.2) is 36.9 Å². The van der Waals surface area contributed by atoms with Gasteiger partial charge >= 0.3 is 0 Å². The molecule has 168 valence electrons. The van der Waals surface area contributed by atoms with Crippen LogP contribution < -0.4 is 10.1 Å². The molecule has 0 bridgehead atoms. The second-order valence-corrected chi connectivity index (χ2v) is 9.28. The van der Waals surface area contributed by atoms with Crippen molar-refractivity contribution < 1.29 is 9.53 Å². The van der Waals surface area contributed by atoms with Crippen molar-refractivity contribution in [2.75, 3.05) is 20.2 Å². The summed E-state index contributed by atoms with van der Waals surface area (Å²) in [6.07, 6.45) is 3.79. The van der Waals surface area contributed by atoms with Crippen LogP contribution in [0, 0.1) is 0 Å². The fourth-order valence-electron chi connectivity index (χ4n) is 4.72. The number of thiophene rings is 1. The maximum absolute atomic E-state index is 12.5. The van der Waals surface area contributed by atoms with Crippen LogP contribution in [0.2, 0.25) is 0 Å². The van der Waals surface area contributed by atoms with Crippen molar-refractivity contribution in [1.82, 2.24) is 10.2 Å². The van der Waals surface area contributed by atoms with Gasteiger partial charge in [0.05, 0.1) is 18.0 Å². The standard InChI is InChI=1S/C27H32N2O2S/c1-31-25-15-6-5-12-22(25)20-28-23-13-7-17-29(27(23)21-10-3-2-4-11-21)18-8-14-24(30)26-16-9-19-32-26/h2-6,9-12,15-16,19,23,27-28H,7-8,13-14,17-18,20H2,1H3/t23-,27-/m0/s1. The Balaban J connectivity index is 1.44. The smallest absolute Gasteiger partial charge is 0.172 e. The molecule has 4 nitrogen and oxygen atoms in total. The van der Waals surface area contributed by atoms with Gasteiger partial charge in [0.2, 0.25) is 0 Å². The lowest BCUT2D eigenvalue weighted by molar-refractivity contribution is 0.0932. The summed E-state index contributed by atoms with van der Waals surface area (Å²) >= 11 is 1.54. The molecule has 1 aliphatic heterocycles. The number of benzene rings is 2. The quantitative estimate of drug-likeness (QED) is 0.403. The molecule has 1 aromatic heterocycles. The number of nitrogens with one attached hydrogen (secondary N) is 1. The largest absolute Gasteiger partial charge is 0.496 e. The Labute approximate surface area is 195 Å². The Morgan fingerprint density at radius 2 is 1.91 bits per heavy atom. The molecule has 0 unspecified atom stereocenters. The molecule has 4 rings (SSSR count). The molecular formula is C27H32N2O2S.